The highest BCUT2D eigenvalue weighted by Gasteiger charge is 2.31. The minimum Gasteiger partial charge on any atom is -0.481 e. The zero-order chi connectivity index (χ0) is 14.5. The van der Waals surface area contributed by atoms with Gasteiger partial charge in [-0.15, -0.1) is 0 Å². The lowest BCUT2D eigenvalue weighted by Gasteiger charge is -2.32. The summed E-state index contributed by atoms with van der Waals surface area (Å²) in [5, 5.41) is 8.74. The summed E-state index contributed by atoms with van der Waals surface area (Å²) in [5.74, 6) is -0.773. The minimum absolute atomic E-state index is 0.0750. The molecule has 2 rings (SSSR count). The first-order valence-corrected chi connectivity index (χ1v) is 7.80. The molecule has 2 aliphatic heterocycles. The van der Waals surface area contributed by atoms with Crippen LogP contribution in [0, 0.1) is 5.92 Å². The number of carboxylic acids is 1. The molecule has 2 fully saturated rings. The number of hydrogen-bond donors (Lipinski definition) is 1. The maximum absolute atomic E-state index is 12.2. The Kier molecular flexibility index (Phi) is 5.40. The van der Waals surface area contributed by atoms with Gasteiger partial charge in [0, 0.05) is 32.0 Å². The van der Waals surface area contributed by atoms with E-state index in [9.17, 15) is 9.59 Å². The average Bonchev–Trinajstić information content (AvgIpc) is 2.88. The molecule has 0 spiro atoms. The Hall–Kier alpha value is -1.10. The van der Waals surface area contributed by atoms with Crippen molar-refractivity contribution in [3.05, 3.63) is 0 Å². The second kappa shape index (κ2) is 7.07. The van der Waals surface area contributed by atoms with E-state index in [1.807, 2.05) is 11.8 Å². The molecule has 5 nitrogen and oxygen atoms in total. The van der Waals surface area contributed by atoms with Crippen molar-refractivity contribution in [2.45, 2.75) is 51.5 Å². The Bertz CT molecular complexity index is 353. The lowest BCUT2D eigenvalue weighted by molar-refractivity contribution is -0.138. The summed E-state index contributed by atoms with van der Waals surface area (Å²) in [5.41, 5.74) is 0. The van der Waals surface area contributed by atoms with Crippen molar-refractivity contribution in [2.24, 2.45) is 5.92 Å². The van der Waals surface area contributed by atoms with Gasteiger partial charge in [-0.2, -0.15) is 0 Å². The third-order valence-corrected chi connectivity index (χ3v) is 4.47. The van der Waals surface area contributed by atoms with Gasteiger partial charge in [0.15, 0.2) is 0 Å². The number of piperidine rings is 1. The highest BCUT2D eigenvalue weighted by Crippen LogP contribution is 2.21. The number of rotatable bonds is 5. The van der Waals surface area contributed by atoms with Crippen LogP contribution in [0.15, 0.2) is 0 Å². The molecule has 1 N–H and O–H groups in total. The maximum atomic E-state index is 12.2. The fraction of sp³-hybridized carbons (Fsp3) is 0.867. The number of carbonyl (C=O) groups excluding carboxylic acids is 1. The van der Waals surface area contributed by atoms with Gasteiger partial charge in [-0.25, -0.2) is 0 Å². The lowest BCUT2D eigenvalue weighted by Crippen LogP contribution is -2.41. The molecule has 2 atom stereocenters. The summed E-state index contributed by atoms with van der Waals surface area (Å²) < 4.78 is 0. The molecule has 0 bridgehead atoms. The Morgan fingerprint density at radius 3 is 2.50 bits per heavy atom. The second-order valence-electron chi connectivity index (χ2n) is 6.29. The molecule has 2 saturated heterocycles. The average molecular weight is 282 g/mol. The number of nitrogens with zero attached hydrogens (tertiary/aromatic N) is 2. The third kappa shape index (κ3) is 4.20. The molecule has 0 aliphatic carbocycles. The first-order chi connectivity index (χ1) is 9.56. The van der Waals surface area contributed by atoms with E-state index in [1.54, 1.807) is 0 Å². The first kappa shape index (κ1) is 15.3. The van der Waals surface area contributed by atoms with Crippen LogP contribution in [-0.4, -0.2) is 59.0 Å². The standard InChI is InChI=1S/C15H26N2O3/c1-12(10-15(19)20)9-14(18)17-8-5-13(11-17)16-6-3-2-4-7-16/h12-13H,2-11H2,1H3,(H,19,20). The second-order valence-corrected chi connectivity index (χ2v) is 6.29. The predicted molar refractivity (Wildman–Crippen MR) is 76.4 cm³/mol. The Labute approximate surface area is 120 Å². The molecule has 0 saturated carbocycles. The molecule has 114 valence electrons. The van der Waals surface area contributed by atoms with Gasteiger partial charge in [-0.3, -0.25) is 14.5 Å². The molecule has 0 aromatic carbocycles. The summed E-state index contributed by atoms with van der Waals surface area (Å²) in [6, 6.07) is 0.522. The molecule has 2 unspecified atom stereocenters. The van der Waals surface area contributed by atoms with Crippen molar-refractivity contribution >= 4 is 11.9 Å². The highest BCUT2D eigenvalue weighted by molar-refractivity contribution is 5.77. The fourth-order valence-electron chi connectivity index (χ4n) is 3.35. The van der Waals surface area contributed by atoms with Crippen molar-refractivity contribution in [1.29, 1.82) is 0 Å². The summed E-state index contributed by atoms with van der Waals surface area (Å²) in [4.78, 5) is 27.3. The summed E-state index contributed by atoms with van der Waals surface area (Å²) in [6.45, 7) is 5.84. The third-order valence-electron chi connectivity index (χ3n) is 4.47. The van der Waals surface area contributed by atoms with E-state index < -0.39 is 5.97 Å². The van der Waals surface area contributed by atoms with Crippen molar-refractivity contribution in [1.82, 2.24) is 9.80 Å². The van der Waals surface area contributed by atoms with Crippen molar-refractivity contribution < 1.29 is 14.7 Å². The van der Waals surface area contributed by atoms with E-state index in [4.69, 9.17) is 5.11 Å². The zero-order valence-electron chi connectivity index (χ0n) is 12.4. The maximum Gasteiger partial charge on any atom is 0.303 e. The van der Waals surface area contributed by atoms with Gasteiger partial charge in [-0.1, -0.05) is 13.3 Å². The number of hydrogen-bond acceptors (Lipinski definition) is 3. The van der Waals surface area contributed by atoms with E-state index >= 15 is 0 Å². The number of carboxylic acid groups (broad SMARTS) is 1. The van der Waals surface area contributed by atoms with E-state index in [-0.39, 0.29) is 18.2 Å². The van der Waals surface area contributed by atoms with Crippen LogP contribution in [0.3, 0.4) is 0 Å². The number of likely N-dealkylation sites (tertiary alicyclic amines) is 2. The molecule has 20 heavy (non-hydrogen) atoms. The van der Waals surface area contributed by atoms with E-state index in [0.29, 0.717) is 12.5 Å². The number of carbonyl (C=O) groups is 2. The van der Waals surface area contributed by atoms with Crippen LogP contribution in [0.2, 0.25) is 0 Å². The molecule has 2 aliphatic rings. The SMILES string of the molecule is CC(CC(=O)O)CC(=O)N1CCC(N2CCCCC2)C1. The van der Waals surface area contributed by atoms with Gasteiger partial charge in [0.05, 0.1) is 0 Å². The lowest BCUT2D eigenvalue weighted by atomic mass is 10.0. The highest BCUT2D eigenvalue weighted by atomic mass is 16.4. The minimum atomic E-state index is -0.821. The molecule has 0 aromatic heterocycles. The monoisotopic (exact) mass is 282 g/mol. The topological polar surface area (TPSA) is 60.9 Å². The molecule has 5 heteroatoms. The van der Waals surface area contributed by atoms with Crippen molar-refractivity contribution in [3.8, 4) is 0 Å². The van der Waals surface area contributed by atoms with Gasteiger partial charge in [0.25, 0.3) is 0 Å². The Morgan fingerprint density at radius 1 is 1.15 bits per heavy atom. The largest absolute Gasteiger partial charge is 0.481 e. The van der Waals surface area contributed by atoms with Gasteiger partial charge in [-0.05, 0) is 38.3 Å². The summed E-state index contributed by atoms with van der Waals surface area (Å²) in [7, 11) is 0. The van der Waals surface area contributed by atoms with Crippen LogP contribution in [-0.2, 0) is 9.59 Å². The van der Waals surface area contributed by atoms with Crippen LogP contribution in [0.25, 0.3) is 0 Å². The molecular formula is C15H26N2O3. The van der Waals surface area contributed by atoms with Crippen LogP contribution < -0.4 is 0 Å². The van der Waals surface area contributed by atoms with Crippen molar-refractivity contribution in [2.75, 3.05) is 26.2 Å². The molecule has 2 heterocycles. The van der Waals surface area contributed by atoms with Crippen LogP contribution in [0.5, 0.6) is 0 Å². The van der Waals surface area contributed by atoms with Gasteiger partial charge < -0.3 is 10.0 Å². The molecule has 0 radical (unpaired) electrons. The van der Waals surface area contributed by atoms with Gasteiger partial charge in [0.2, 0.25) is 5.91 Å². The predicted octanol–water partition coefficient (Wildman–Crippen LogP) is 1.57. The number of aliphatic carboxylic acids is 1. The van der Waals surface area contributed by atoms with E-state index in [1.165, 1.54) is 32.4 Å². The summed E-state index contributed by atoms with van der Waals surface area (Å²) >= 11 is 0. The molecular weight excluding hydrogens is 256 g/mol. The van der Waals surface area contributed by atoms with Crippen molar-refractivity contribution in [3.63, 3.8) is 0 Å². The van der Waals surface area contributed by atoms with Crippen LogP contribution >= 0.6 is 0 Å². The fourth-order valence-corrected chi connectivity index (χ4v) is 3.35. The quantitative estimate of drug-likeness (QED) is 0.831. The van der Waals surface area contributed by atoms with E-state index in [2.05, 4.69) is 4.90 Å². The zero-order valence-corrected chi connectivity index (χ0v) is 12.4. The van der Waals surface area contributed by atoms with E-state index in [0.717, 1.165) is 19.5 Å². The Morgan fingerprint density at radius 2 is 1.85 bits per heavy atom. The van der Waals surface area contributed by atoms with Gasteiger partial charge in [0.1, 0.15) is 0 Å². The smallest absolute Gasteiger partial charge is 0.303 e. The van der Waals surface area contributed by atoms with Crippen LogP contribution in [0.1, 0.15) is 45.4 Å². The normalized spacial score (nSPS) is 25.6. The van der Waals surface area contributed by atoms with Gasteiger partial charge >= 0.3 is 5.97 Å². The number of amides is 1. The summed E-state index contributed by atoms with van der Waals surface area (Å²) in [6.07, 6.45) is 5.39. The molecule has 1 amide bonds. The van der Waals surface area contributed by atoms with Crippen LogP contribution in [0.4, 0.5) is 0 Å². The molecule has 0 aromatic rings. The Balaban J connectivity index is 1.76. The first-order valence-electron chi connectivity index (χ1n) is 7.80.